The van der Waals surface area contributed by atoms with E-state index in [2.05, 4.69) is 4.74 Å². The third-order valence-electron chi connectivity index (χ3n) is 3.13. The molecular weight excluding hydrogens is 304 g/mol. The number of carbonyl (C=O) groups excluding carboxylic acids is 4. The van der Waals surface area contributed by atoms with E-state index < -0.39 is 40.8 Å². The van der Waals surface area contributed by atoms with Gasteiger partial charge in [-0.15, -0.1) is 0 Å². The maximum Gasteiger partial charge on any atom is 0.352 e. The molecule has 1 aromatic carbocycles. The molecule has 2 N–H and O–H groups in total. The average Bonchev–Trinajstić information content (AvgIpc) is 2.45. The maximum absolute atomic E-state index is 12.1. The van der Waals surface area contributed by atoms with Crippen LogP contribution in [0.4, 0.5) is 0 Å². The van der Waals surface area contributed by atoms with Gasteiger partial charge >= 0.3 is 11.9 Å². The van der Waals surface area contributed by atoms with Crippen LogP contribution in [0.25, 0.3) is 6.08 Å². The van der Waals surface area contributed by atoms with Crippen molar-refractivity contribution in [1.29, 1.82) is 0 Å². The predicted molar refractivity (Wildman–Crippen MR) is 77.1 cm³/mol. The van der Waals surface area contributed by atoms with Gasteiger partial charge in [-0.05, 0) is 30.7 Å². The molecule has 1 aromatic rings. The highest BCUT2D eigenvalue weighted by molar-refractivity contribution is 6.24. The molecule has 0 aromatic heterocycles. The molecule has 0 spiro atoms. The number of aliphatic hydroxyl groups excluding tert-OH is 1. The summed E-state index contributed by atoms with van der Waals surface area (Å²) in [4.78, 5) is 46.4. The standard InChI is InChI=1S/C16H12O7/c1-8(17)12-14(20)13(16(22)23-15(12)21)11(19)7-4-9-2-5-10(18)6-3-9/h2-7,13,18,20H,1H3. The van der Waals surface area contributed by atoms with Gasteiger partial charge < -0.3 is 14.9 Å². The molecule has 118 valence electrons. The van der Waals surface area contributed by atoms with E-state index in [9.17, 15) is 24.3 Å². The molecule has 7 heteroatoms. The van der Waals surface area contributed by atoms with Crippen molar-refractivity contribution in [1.82, 2.24) is 0 Å². The van der Waals surface area contributed by atoms with Crippen LogP contribution in [-0.2, 0) is 23.9 Å². The summed E-state index contributed by atoms with van der Waals surface area (Å²) < 4.78 is 4.33. The molecule has 23 heavy (non-hydrogen) atoms. The minimum absolute atomic E-state index is 0.0505. The van der Waals surface area contributed by atoms with E-state index in [-0.39, 0.29) is 5.75 Å². The van der Waals surface area contributed by atoms with Crippen LogP contribution in [0.5, 0.6) is 5.75 Å². The van der Waals surface area contributed by atoms with Gasteiger partial charge in [0.2, 0.25) is 0 Å². The summed E-state index contributed by atoms with van der Waals surface area (Å²) in [6.45, 7) is 1.01. The fourth-order valence-electron chi connectivity index (χ4n) is 2.00. The van der Waals surface area contributed by atoms with Crippen molar-refractivity contribution in [3.05, 3.63) is 47.2 Å². The first-order valence-electron chi connectivity index (χ1n) is 6.52. The first kappa shape index (κ1) is 16.2. The molecule has 0 radical (unpaired) electrons. The van der Waals surface area contributed by atoms with Crippen LogP contribution in [0.2, 0.25) is 0 Å². The molecule has 0 aliphatic carbocycles. The summed E-state index contributed by atoms with van der Waals surface area (Å²) in [5.41, 5.74) is -0.146. The molecule has 0 fully saturated rings. The second-order valence-electron chi connectivity index (χ2n) is 4.79. The largest absolute Gasteiger partial charge is 0.510 e. The van der Waals surface area contributed by atoms with Crippen molar-refractivity contribution in [3.8, 4) is 5.75 Å². The summed E-state index contributed by atoms with van der Waals surface area (Å²) in [6.07, 6.45) is 2.37. The summed E-state index contributed by atoms with van der Waals surface area (Å²) >= 11 is 0. The average molecular weight is 316 g/mol. The van der Waals surface area contributed by atoms with E-state index in [1.807, 2.05) is 0 Å². The Morgan fingerprint density at radius 1 is 1.13 bits per heavy atom. The van der Waals surface area contributed by atoms with E-state index >= 15 is 0 Å². The van der Waals surface area contributed by atoms with Gasteiger partial charge in [0, 0.05) is 0 Å². The third-order valence-corrected chi connectivity index (χ3v) is 3.13. The number of cyclic esters (lactones) is 2. The summed E-state index contributed by atoms with van der Waals surface area (Å²) in [7, 11) is 0. The highest BCUT2D eigenvalue weighted by Crippen LogP contribution is 2.24. The van der Waals surface area contributed by atoms with Crippen LogP contribution in [0.15, 0.2) is 41.7 Å². The number of hydrogen-bond donors (Lipinski definition) is 2. The zero-order valence-electron chi connectivity index (χ0n) is 12.0. The second-order valence-corrected chi connectivity index (χ2v) is 4.79. The Labute approximate surface area is 130 Å². The molecule has 0 saturated heterocycles. The van der Waals surface area contributed by atoms with Crippen LogP contribution in [-0.4, -0.2) is 33.7 Å². The molecule has 2 rings (SSSR count). The van der Waals surface area contributed by atoms with Crippen LogP contribution >= 0.6 is 0 Å². The van der Waals surface area contributed by atoms with Crippen molar-refractivity contribution in [3.63, 3.8) is 0 Å². The predicted octanol–water partition coefficient (Wildman–Crippen LogP) is 1.08. The van der Waals surface area contributed by atoms with E-state index in [1.165, 1.54) is 30.3 Å². The van der Waals surface area contributed by atoms with Gasteiger partial charge in [-0.1, -0.05) is 18.2 Å². The topological polar surface area (TPSA) is 118 Å². The van der Waals surface area contributed by atoms with Gasteiger partial charge in [-0.3, -0.25) is 14.4 Å². The molecule has 0 bridgehead atoms. The van der Waals surface area contributed by atoms with Crippen molar-refractivity contribution < 1.29 is 34.1 Å². The smallest absolute Gasteiger partial charge is 0.352 e. The molecule has 1 aliphatic rings. The molecule has 0 amide bonds. The number of rotatable bonds is 4. The minimum Gasteiger partial charge on any atom is -0.510 e. The lowest BCUT2D eigenvalue weighted by Gasteiger charge is -2.19. The van der Waals surface area contributed by atoms with Gasteiger partial charge in [0.05, 0.1) is 0 Å². The maximum atomic E-state index is 12.1. The number of benzene rings is 1. The first-order valence-corrected chi connectivity index (χ1v) is 6.52. The number of esters is 2. The number of phenolic OH excluding ortho intramolecular Hbond substituents is 1. The number of hydrogen-bond acceptors (Lipinski definition) is 7. The summed E-state index contributed by atoms with van der Waals surface area (Å²) in [6, 6.07) is 5.86. The first-order chi connectivity index (χ1) is 10.8. The van der Waals surface area contributed by atoms with Gasteiger partial charge in [-0.2, -0.15) is 0 Å². The van der Waals surface area contributed by atoms with Crippen LogP contribution in [0.1, 0.15) is 12.5 Å². The summed E-state index contributed by atoms with van der Waals surface area (Å²) in [5, 5.41) is 19.1. The number of allylic oxidation sites excluding steroid dienone is 1. The Hall–Kier alpha value is -3.22. The number of phenols is 1. The molecule has 0 saturated carbocycles. The Bertz CT molecular complexity index is 753. The molecule has 1 unspecified atom stereocenters. The van der Waals surface area contributed by atoms with Crippen molar-refractivity contribution >= 4 is 29.6 Å². The van der Waals surface area contributed by atoms with Crippen LogP contribution < -0.4 is 0 Å². The molecule has 1 heterocycles. The normalized spacial score (nSPS) is 18.2. The Morgan fingerprint density at radius 2 is 1.74 bits per heavy atom. The monoisotopic (exact) mass is 316 g/mol. The minimum atomic E-state index is -1.75. The Balaban J connectivity index is 2.30. The van der Waals surface area contributed by atoms with Crippen LogP contribution in [0.3, 0.4) is 0 Å². The zero-order valence-corrected chi connectivity index (χ0v) is 12.0. The fourth-order valence-corrected chi connectivity index (χ4v) is 2.00. The molecule has 7 nitrogen and oxygen atoms in total. The number of aliphatic hydroxyl groups is 1. The zero-order chi connectivity index (χ0) is 17.1. The van der Waals surface area contributed by atoms with E-state index in [0.717, 1.165) is 13.0 Å². The quantitative estimate of drug-likeness (QED) is 0.369. The number of aromatic hydroxyl groups is 1. The van der Waals surface area contributed by atoms with Crippen molar-refractivity contribution in [2.75, 3.05) is 0 Å². The lowest BCUT2D eigenvalue weighted by atomic mass is 9.93. The van der Waals surface area contributed by atoms with Gasteiger partial charge in [0.1, 0.15) is 17.1 Å². The van der Waals surface area contributed by atoms with E-state index in [1.54, 1.807) is 0 Å². The number of ketones is 2. The van der Waals surface area contributed by atoms with E-state index in [0.29, 0.717) is 5.56 Å². The summed E-state index contributed by atoms with van der Waals surface area (Å²) in [5.74, 6) is -6.76. The highest BCUT2D eigenvalue weighted by atomic mass is 16.6. The lowest BCUT2D eigenvalue weighted by molar-refractivity contribution is -0.162. The van der Waals surface area contributed by atoms with Gasteiger partial charge in [-0.25, -0.2) is 4.79 Å². The molecule has 1 aliphatic heterocycles. The fraction of sp³-hybridized carbons (Fsp3) is 0.125. The molecule has 1 atom stereocenters. The van der Waals surface area contributed by atoms with Gasteiger partial charge in [0.25, 0.3) is 0 Å². The van der Waals surface area contributed by atoms with Crippen molar-refractivity contribution in [2.24, 2.45) is 5.92 Å². The number of Topliss-reactive ketones (excluding diaryl/α,β-unsaturated/α-hetero) is 1. The highest BCUT2D eigenvalue weighted by Gasteiger charge is 2.42. The van der Waals surface area contributed by atoms with Gasteiger partial charge in [0.15, 0.2) is 17.5 Å². The van der Waals surface area contributed by atoms with E-state index in [4.69, 9.17) is 5.11 Å². The molecular formula is C16H12O7. The van der Waals surface area contributed by atoms with Crippen molar-refractivity contribution in [2.45, 2.75) is 6.92 Å². The lowest BCUT2D eigenvalue weighted by Crippen LogP contribution is -2.37. The second kappa shape index (κ2) is 6.27. The number of ether oxygens (including phenoxy) is 1. The Kier molecular flexibility index (Phi) is 4.40. The van der Waals surface area contributed by atoms with Crippen LogP contribution in [0, 0.1) is 5.92 Å². The third kappa shape index (κ3) is 3.34. The number of carbonyl (C=O) groups is 4. The SMILES string of the molecule is CC(=O)C1=C(O)C(C(=O)C=Cc2ccc(O)cc2)C(=O)OC1=O. The Morgan fingerprint density at radius 3 is 2.30 bits per heavy atom.